The Bertz CT molecular complexity index is 883. The van der Waals surface area contributed by atoms with Crippen molar-refractivity contribution in [1.29, 1.82) is 0 Å². The van der Waals surface area contributed by atoms with Crippen LogP contribution in [0.1, 0.15) is 49.8 Å². The molecule has 0 heterocycles. The van der Waals surface area contributed by atoms with Gasteiger partial charge in [0.2, 0.25) is 0 Å². The van der Waals surface area contributed by atoms with E-state index in [4.69, 9.17) is 23.8 Å². The van der Waals surface area contributed by atoms with Crippen LogP contribution in [0.2, 0.25) is 0 Å². The van der Waals surface area contributed by atoms with Gasteiger partial charge in [-0.1, -0.05) is 29.4 Å². The molecule has 0 fully saturated rings. The number of hydrogen-bond acceptors (Lipinski definition) is 6. The number of allylic oxidation sites excluding steroid dienone is 1. The van der Waals surface area contributed by atoms with E-state index in [2.05, 4.69) is 19.0 Å². The average molecular weight is 470 g/mol. The Balaban J connectivity index is 1.61. The van der Waals surface area contributed by atoms with E-state index in [1.54, 1.807) is 0 Å². The van der Waals surface area contributed by atoms with Gasteiger partial charge in [-0.05, 0) is 87.9 Å². The standard InChI is InChI=1S/C28H39NO5/c1-6-7-15-33-27-18-22(2)28(23(3)19-27)34-17-10-8-9-16-32-26-13-11-25(12-14-26)21-31-20-24(4)29-30-5/h6-7,11-14,18-19H,8-10,15-17,20-21H2,1-5H3/b7-6+,29-24?. The fourth-order valence-electron chi connectivity index (χ4n) is 3.39. The molecule has 186 valence electrons. The molecule has 0 spiro atoms. The minimum atomic E-state index is 0.450. The molecule has 0 aliphatic rings. The van der Waals surface area contributed by atoms with E-state index < -0.39 is 0 Å². The van der Waals surface area contributed by atoms with E-state index in [0.717, 1.165) is 58.9 Å². The molecule has 0 aromatic heterocycles. The van der Waals surface area contributed by atoms with Gasteiger partial charge in [-0.2, -0.15) is 0 Å². The van der Waals surface area contributed by atoms with E-state index in [-0.39, 0.29) is 0 Å². The molecular weight excluding hydrogens is 430 g/mol. The van der Waals surface area contributed by atoms with Crippen LogP contribution >= 0.6 is 0 Å². The third-order valence-electron chi connectivity index (χ3n) is 5.07. The molecule has 2 aromatic rings. The first kappa shape index (κ1) is 27.3. The first-order valence-electron chi connectivity index (χ1n) is 11.9. The Hall–Kier alpha value is -2.99. The summed E-state index contributed by atoms with van der Waals surface area (Å²) in [5.41, 5.74) is 4.11. The van der Waals surface area contributed by atoms with Gasteiger partial charge in [0, 0.05) is 0 Å². The summed E-state index contributed by atoms with van der Waals surface area (Å²) in [6.45, 7) is 10.9. The summed E-state index contributed by atoms with van der Waals surface area (Å²) < 4.78 is 23.3. The highest BCUT2D eigenvalue weighted by molar-refractivity contribution is 5.82. The van der Waals surface area contributed by atoms with Gasteiger partial charge < -0.3 is 23.8 Å². The maximum absolute atomic E-state index is 6.05. The topological polar surface area (TPSA) is 58.5 Å². The van der Waals surface area contributed by atoms with Crippen LogP contribution in [0.5, 0.6) is 17.2 Å². The number of rotatable bonds is 16. The number of oxime groups is 1. The quantitative estimate of drug-likeness (QED) is 0.123. The predicted molar refractivity (Wildman–Crippen MR) is 137 cm³/mol. The van der Waals surface area contributed by atoms with Crippen LogP contribution in [-0.4, -0.2) is 39.2 Å². The van der Waals surface area contributed by atoms with E-state index in [1.807, 2.05) is 62.4 Å². The molecule has 0 radical (unpaired) electrons. The van der Waals surface area contributed by atoms with Crippen LogP contribution in [0, 0.1) is 13.8 Å². The van der Waals surface area contributed by atoms with Crippen molar-refractivity contribution in [2.75, 3.05) is 33.5 Å². The highest BCUT2D eigenvalue weighted by atomic mass is 16.6. The van der Waals surface area contributed by atoms with Crippen molar-refractivity contribution in [3.05, 3.63) is 65.2 Å². The maximum Gasteiger partial charge on any atom is 0.125 e. The monoisotopic (exact) mass is 469 g/mol. The Labute approximate surface area is 204 Å². The highest BCUT2D eigenvalue weighted by Crippen LogP contribution is 2.28. The van der Waals surface area contributed by atoms with Crippen molar-refractivity contribution >= 4 is 5.71 Å². The SMILES string of the molecule is C/C=C/COc1cc(C)c(OCCCCCOc2ccc(COCC(C)=NOC)cc2)c(C)c1. The maximum atomic E-state index is 6.05. The van der Waals surface area contributed by atoms with Crippen molar-refractivity contribution in [3.8, 4) is 17.2 Å². The normalized spacial score (nSPS) is 11.6. The second kappa shape index (κ2) is 15.8. The molecule has 0 bridgehead atoms. The van der Waals surface area contributed by atoms with Gasteiger partial charge in [0.1, 0.15) is 31.0 Å². The molecule has 0 saturated carbocycles. The lowest BCUT2D eigenvalue weighted by atomic mass is 10.1. The van der Waals surface area contributed by atoms with Gasteiger partial charge in [-0.25, -0.2) is 0 Å². The minimum absolute atomic E-state index is 0.450. The van der Waals surface area contributed by atoms with E-state index in [1.165, 1.54) is 7.11 Å². The number of hydrogen-bond donors (Lipinski definition) is 0. The van der Waals surface area contributed by atoms with E-state index >= 15 is 0 Å². The second-order valence-electron chi connectivity index (χ2n) is 8.17. The van der Waals surface area contributed by atoms with Crippen LogP contribution in [-0.2, 0) is 16.2 Å². The van der Waals surface area contributed by atoms with Crippen molar-refractivity contribution < 1.29 is 23.8 Å². The third-order valence-corrected chi connectivity index (χ3v) is 5.07. The molecule has 0 amide bonds. The molecule has 2 rings (SSSR count). The van der Waals surface area contributed by atoms with Crippen molar-refractivity contribution in [3.63, 3.8) is 0 Å². The molecule has 0 aliphatic heterocycles. The van der Waals surface area contributed by atoms with Gasteiger partial charge >= 0.3 is 0 Å². The number of aryl methyl sites for hydroxylation is 2. The predicted octanol–water partition coefficient (Wildman–Crippen LogP) is 6.43. The fraction of sp³-hybridized carbons (Fsp3) is 0.464. The summed E-state index contributed by atoms with van der Waals surface area (Å²) in [5.74, 6) is 2.71. The summed E-state index contributed by atoms with van der Waals surface area (Å²) in [6, 6.07) is 12.1. The summed E-state index contributed by atoms with van der Waals surface area (Å²) in [7, 11) is 1.53. The molecule has 0 saturated heterocycles. The third kappa shape index (κ3) is 10.3. The van der Waals surface area contributed by atoms with Crippen LogP contribution in [0.3, 0.4) is 0 Å². The zero-order chi connectivity index (χ0) is 24.6. The van der Waals surface area contributed by atoms with Crippen molar-refractivity contribution in [1.82, 2.24) is 0 Å². The van der Waals surface area contributed by atoms with Gasteiger partial charge in [0.05, 0.1) is 32.1 Å². The zero-order valence-corrected chi connectivity index (χ0v) is 21.3. The highest BCUT2D eigenvalue weighted by Gasteiger charge is 2.07. The van der Waals surface area contributed by atoms with Crippen LogP contribution < -0.4 is 14.2 Å². The van der Waals surface area contributed by atoms with Crippen LogP contribution in [0.25, 0.3) is 0 Å². The molecular formula is C28H39NO5. The molecule has 6 nitrogen and oxygen atoms in total. The van der Waals surface area contributed by atoms with Crippen LogP contribution in [0.15, 0.2) is 53.7 Å². The minimum Gasteiger partial charge on any atom is -0.494 e. The van der Waals surface area contributed by atoms with E-state index in [0.29, 0.717) is 33.0 Å². The lowest BCUT2D eigenvalue weighted by molar-refractivity contribution is 0.150. The Morgan fingerprint density at radius 1 is 0.882 bits per heavy atom. The van der Waals surface area contributed by atoms with Gasteiger partial charge in [0.15, 0.2) is 0 Å². The molecule has 0 unspecified atom stereocenters. The van der Waals surface area contributed by atoms with Crippen molar-refractivity contribution in [2.24, 2.45) is 5.16 Å². The molecule has 6 heteroatoms. The molecule has 34 heavy (non-hydrogen) atoms. The number of unbranched alkanes of at least 4 members (excludes halogenated alkanes) is 2. The zero-order valence-electron chi connectivity index (χ0n) is 21.3. The molecule has 2 aromatic carbocycles. The number of nitrogens with zero attached hydrogens (tertiary/aromatic N) is 1. The average Bonchev–Trinajstić information content (AvgIpc) is 2.81. The largest absolute Gasteiger partial charge is 0.494 e. The summed E-state index contributed by atoms with van der Waals surface area (Å²) in [6.07, 6.45) is 7.01. The second-order valence-corrected chi connectivity index (χ2v) is 8.17. The number of benzene rings is 2. The lowest BCUT2D eigenvalue weighted by Gasteiger charge is -2.14. The Morgan fingerprint density at radius 3 is 2.21 bits per heavy atom. The van der Waals surface area contributed by atoms with Gasteiger partial charge in [-0.15, -0.1) is 0 Å². The first-order chi connectivity index (χ1) is 16.5. The Morgan fingerprint density at radius 2 is 1.56 bits per heavy atom. The van der Waals surface area contributed by atoms with Crippen LogP contribution in [0.4, 0.5) is 0 Å². The molecule has 0 atom stereocenters. The molecule has 0 N–H and O–H groups in total. The van der Waals surface area contributed by atoms with Gasteiger partial charge in [-0.3, -0.25) is 0 Å². The number of ether oxygens (including phenoxy) is 4. The summed E-state index contributed by atoms with van der Waals surface area (Å²) in [5, 5.41) is 3.83. The fourth-order valence-corrected chi connectivity index (χ4v) is 3.39. The summed E-state index contributed by atoms with van der Waals surface area (Å²) in [4.78, 5) is 4.72. The molecule has 0 aliphatic carbocycles. The smallest absolute Gasteiger partial charge is 0.125 e. The van der Waals surface area contributed by atoms with Gasteiger partial charge in [0.25, 0.3) is 0 Å². The lowest BCUT2D eigenvalue weighted by Crippen LogP contribution is -2.05. The Kier molecular flexibility index (Phi) is 12.6. The summed E-state index contributed by atoms with van der Waals surface area (Å²) >= 11 is 0. The first-order valence-corrected chi connectivity index (χ1v) is 11.9. The van der Waals surface area contributed by atoms with E-state index in [9.17, 15) is 0 Å². The van der Waals surface area contributed by atoms with Crippen molar-refractivity contribution in [2.45, 2.75) is 53.6 Å².